The molecule has 20 heavy (non-hydrogen) atoms. The van der Waals surface area contributed by atoms with Crippen molar-refractivity contribution >= 4 is 5.91 Å². The van der Waals surface area contributed by atoms with Gasteiger partial charge in [0.2, 0.25) is 5.91 Å². The molecule has 0 aromatic carbocycles. The monoisotopic (exact) mass is 275 g/mol. The number of hydrogen-bond donors (Lipinski definition) is 1. The molecule has 0 heterocycles. The number of unbranched alkanes of at least 4 members (excludes halogenated alkanes) is 7. The van der Waals surface area contributed by atoms with E-state index >= 15 is 0 Å². The smallest absolute Gasteiger partial charge is 0.241 e. The van der Waals surface area contributed by atoms with Gasteiger partial charge in [-0.1, -0.05) is 55.9 Å². The highest BCUT2D eigenvalue weighted by Gasteiger charge is 1.88. The molecule has 0 aliphatic heterocycles. The number of allylic oxidation sites excluding steroid dienone is 6. The second kappa shape index (κ2) is 15.5. The van der Waals surface area contributed by atoms with Crippen LogP contribution < -0.4 is 5.73 Å². The van der Waals surface area contributed by atoms with Crippen LogP contribution in [0.2, 0.25) is 0 Å². The van der Waals surface area contributed by atoms with Crippen molar-refractivity contribution in [2.45, 2.75) is 57.8 Å². The van der Waals surface area contributed by atoms with E-state index in [0.29, 0.717) is 0 Å². The molecule has 0 radical (unpaired) electrons. The van der Waals surface area contributed by atoms with Gasteiger partial charge < -0.3 is 5.73 Å². The molecule has 0 bridgehead atoms. The van der Waals surface area contributed by atoms with Gasteiger partial charge in [-0.2, -0.15) is 0 Å². The van der Waals surface area contributed by atoms with Crippen molar-refractivity contribution in [3.8, 4) is 0 Å². The Bertz CT molecular complexity index is 326. The van der Waals surface area contributed by atoms with Gasteiger partial charge in [-0.05, 0) is 51.0 Å². The van der Waals surface area contributed by atoms with Crippen LogP contribution in [0, 0.1) is 0 Å². The molecule has 0 aromatic heterocycles. The lowest BCUT2D eigenvalue weighted by Crippen LogP contribution is -2.05. The van der Waals surface area contributed by atoms with Crippen molar-refractivity contribution in [3.05, 3.63) is 49.1 Å². The number of nitrogens with two attached hydrogens (primary N) is 1. The molecule has 2 nitrogen and oxygen atoms in total. The SMILES string of the molecule is C=CC=CCCCCCCC=CCCCC=CC(N)=O. The fourth-order valence-corrected chi connectivity index (χ4v) is 1.86. The topological polar surface area (TPSA) is 43.1 Å². The molecule has 2 N–H and O–H groups in total. The summed E-state index contributed by atoms with van der Waals surface area (Å²) in [5.74, 6) is -0.361. The third-order valence-corrected chi connectivity index (χ3v) is 2.95. The number of carbonyl (C=O) groups excluding carboxylic acids is 1. The molecule has 112 valence electrons. The van der Waals surface area contributed by atoms with Crippen LogP contribution in [0.3, 0.4) is 0 Å². The second-order valence-corrected chi connectivity index (χ2v) is 4.86. The lowest BCUT2D eigenvalue weighted by molar-refractivity contribution is -0.113. The molecule has 0 atom stereocenters. The first-order chi connectivity index (χ1) is 9.77. The van der Waals surface area contributed by atoms with Gasteiger partial charge in [-0.25, -0.2) is 0 Å². The molecule has 2 heteroatoms. The third-order valence-electron chi connectivity index (χ3n) is 2.95. The van der Waals surface area contributed by atoms with Gasteiger partial charge in [0.15, 0.2) is 0 Å². The Hall–Kier alpha value is -1.57. The van der Waals surface area contributed by atoms with Crippen molar-refractivity contribution in [2.24, 2.45) is 5.73 Å². The van der Waals surface area contributed by atoms with E-state index in [-0.39, 0.29) is 5.91 Å². The molecule has 0 fully saturated rings. The predicted octanol–water partition coefficient (Wildman–Crippen LogP) is 4.84. The molecule has 0 aromatic rings. The van der Waals surface area contributed by atoms with Gasteiger partial charge in [0.1, 0.15) is 0 Å². The summed E-state index contributed by atoms with van der Waals surface area (Å²) in [6.07, 6.45) is 24.4. The summed E-state index contributed by atoms with van der Waals surface area (Å²) in [7, 11) is 0. The summed E-state index contributed by atoms with van der Waals surface area (Å²) in [5, 5.41) is 0. The number of carbonyl (C=O) groups is 1. The largest absolute Gasteiger partial charge is 0.366 e. The normalized spacial score (nSPS) is 11.8. The Labute approximate surface area is 124 Å². The van der Waals surface area contributed by atoms with Crippen molar-refractivity contribution in [1.82, 2.24) is 0 Å². The van der Waals surface area contributed by atoms with Crippen LogP contribution >= 0.6 is 0 Å². The molecule has 0 aliphatic carbocycles. The highest BCUT2D eigenvalue weighted by Crippen LogP contribution is 2.07. The first-order valence-electron chi connectivity index (χ1n) is 7.66. The van der Waals surface area contributed by atoms with E-state index in [1.54, 1.807) is 0 Å². The van der Waals surface area contributed by atoms with E-state index in [9.17, 15) is 4.79 Å². The van der Waals surface area contributed by atoms with Crippen molar-refractivity contribution < 1.29 is 4.79 Å². The van der Waals surface area contributed by atoms with Crippen LogP contribution in [-0.4, -0.2) is 5.91 Å². The molecule has 0 saturated heterocycles. The van der Waals surface area contributed by atoms with Gasteiger partial charge in [-0.15, -0.1) is 0 Å². The van der Waals surface area contributed by atoms with E-state index in [2.05, 4.69) is 24.8 Å². The summed E-state index contributed by atoms with van der Waals surface area (Å²) >= 11 is 0. The van der Waals surface area contributed by atoms with Gasteiger partial charge in [0, 0.05) is 0 Å². The number of amides is 1. The average molecular weight is 275 g/mol. The fourth-order valence-electron chi connectivity index (χ4n) is 1.86. The van der Waals surface area contributed by atoms with Crippen molar-refractivity contribution in [3.63, 3.8) is 0 Å². The standard InChI is InChI=1S/C18H29NO/c1-2-3-4-5-6-7-8-9-10-11-12-13-14-15-16-17-18(19)20/h2-4,11-12,16-17H,1,5-10,13-15H2,(H2,19,20). The van der Waals surface area contributed by atoms with E-state index in [4.69, 9.17) is 5.73 Å². The molecule has 0 aliphatic rings. The Balaban J connectivity index is 3.22. The van der Waals surface area contributed by atoms with Crippen molar-refractivity contribution in [2.75, 3.05) is 0 Å². The maximum atomic E-state index is 10.4. The minimum Gasteiger partial charge on any atom is -0.366 e. The van der Waals surface area contributed by atoms with Crippen LogP contribution in [0.1, 0.15) is 57.8 Å². The summed E-state index contributed by atoms with van der Waals surface area (Å²) in [5.41, 5.74) is 5.00. The third kappa shape index (κ3) is 16.4. The zero-order valence-corrected chi connectivity index (χ0v) is 12.6. The average Bonchev–Trinajstić information content (AvgIpc) is 2.43. The van der Waals surface area contributed by atoms with E-state index in [1.165, 1.54) is 44.6 Å². The second-order valence-electron chi connectivity index (χ2n) is 4.86. The first-order valence-corrected chi connectivity index (χ1v) is 7.66. The minimum atomic E-state index is -0.361. The predicted molar refractivity (Wildman–Crippen MR) is 88.4 cm³/mol. The van der Waals surface area contributed by atoms with E-state index in [1.807, 2.05) is 18.2 Å². The van der Waals surface area contributed by atoms with Crippen LogP contribution in [0.4, 0.5) is 0 Å². The zero-order valence-electron chi connectivity index (χ0n) is 12.6. The van der Waals surface area contributed by atoms with Gasteiger partial charge >= 0.3 is 0 Å². The molecule has 1 amide bonds. The summed E-state index contributed by atoms with van der Waals surface area (Å²) in [6, 6.07) is 0. The highest BCUT2D eigenvalue weighted by molar-refractivity contribution is 5.85. The first kappa shape index (κ1) is 18.4. The minimum absolute atomic E-state index is 0.361. The molecule has 0 unspecified atom stereocenters. The fraction of sp³-hybridized carbons (Fsp3) is 0.500. The lowest BCUT2D eigenvalue weighted by atomic mass is 10.1. The summed E-state index contributed by atoms with van der Waals surface area (Å²) < 4.78 is 0. The Kier molecular flexibility index (Phi) is 14.3. The zero-order chi connectivity index (χ0) is 14.9. The molecule has 0 spiro atoms. The van der Waals surface area contributed by atoms with Crippen LogP contribution in [0.5, 0.6) is 0 Å². The molecule has 0 saturated carbocycles. The summed E-state index contributed by atoms with van der Waals surface area (Å²) in [6.45, 7) is 3.65. The Morgan fingerprint density at radius 3 is 1.95 bits per heavy atom. The number of rotatable bonds is 13. The molecular weight excluding hydrogens is 246 g/mol. The Morgan fingerprint density at radius 1 is 0.800 bits per heavy atom. The van der Waals surface area contributed by atoms with Gasteiger partial charge in [-0.3, -0.25) is 4.79 Å². The van der Waals surface area contributed by atoms with E-state index in [0.717, 1.165) is 19.3 Å². The maximum Gasteiger partial charge on any atom is 0.241 e. The number of primary amides is 1. The molecule has 0 rings (SSSR count). The van der Waals surface area contributed by atoms with Crippen molar-refractivity contribution in [1.29, 1.82) is 0 Å². The quantitative estimate of drug-likeness (QED) is 0.222. The Morgan fingerprint density at radius 2 is 1.35 bits per heavy atom. The maximum absolute atomic E-state index is 10.4. The highest BCUT2D eigenvalue weighted by atomic mass is 16.1. The van der Waals surface area contributed by atoms with Gasteiger partial charge in [0.25, 0.3) is 0 Å². The van der Waals surface area contributed by atoms with Gasteiger partial charge in [0.05, 0.1) is 0 Å². The van der Waals surface area contributed by atoms with Crippen LogP contribution in [0.15, 0.2) is 49.1 Å². The van der Waals surface area contributed by atoms with E-state index < -0.39 is 0 Å². The lowest BCUT2D eigenvalue weighted by Gasteiger charge is -1.97. The number of hydrogen-bond acceptors (Lipinski definition) is 1. The molecular formula is C18H29NO. The van der Waals surface area contributed by atoms with Crippen LogP contribution in [-0.2, 0) is 4.79 Å². The van der Waals surface area contributed by atoms with Crippen LogP contribution in [0.25, 0.3) is 0 Å². The summed E-state index contributed by atoms with van der Waals surface area (Å²) in [4.78, 5) is 10.4.